The second kappa shape index (κ2) is 8.69. The van der Waals surface area contributed by atoms with E-state index in [2.05, 4.69) is 20.4 Å². The summed E-state index contributed by atoms with van der Waals surface area (Å²) >= 11 is 6.02. The molecule has 31 heavy (non-hydrogen) atoms. The first-order chi connectivity index (χ1) is 14.9. The van der Waals surface area contributed by atoms with Gasteiger partial charge in [-0.3, -0.25) is 10.1 Å². The molecule has 1 amide bonds. The molecule has 4 rings (SSSR count). The zero-order valence-corrected chi connectivity index (χ0v) is 17.5. The van der Waals surface area contributed by atoms with E-state index in [9.17, 15) is 14.7 Å². The lowest BCUT2D eigenvalue weighted by Gasteiger charge is -2.24. The molecule has 0 bridgehead atoms. The van der Waals surface area contributed by atoms with Gasteiger partial charge in [-0.05, 0) is 36.6 Å². The number of hydrogen-bond donors (Lipinski definition) is 1. The Bertz CT molecular complexity index is 1150. The number of amides is 1. The van der Waals surface area contributed by atoms with Crippen LogP contribution in [0.5, 0.6) is 0 Å². The molecular weight excluding hydrogens is 418 g/mol. The standard InChI is InChI=1S/C22H20ClN5O3/c1-13-2-4-15(5-3-13)18-12-17(14-6-8-16(23)9-7-14)24-22-26-21(27-28(18)22)25-19(29)10-11-20(30)31/h2-9,18H,10-12H2,1H3,(H,30,31)(H,25,27,29)/p-1. The summed E-state index contributed by atoms with van der Waals surface area (Å²) in [7, 11) is 0. The molecule has 2 heterocycles. The zero-order chi connectivity index (χ0) is 22.0. The van der Waals surface area contributed by atoms with Gasteiger partial charge in [0.15, 0.2) is 0 Å². The predicted octanol–water partition coefficient (Wildman–Crippen LogP) is 2.82. The molecule has 0 radical (unpaired) electrons. The number of nitrogens with zero attached hydrogens (tertiary/aromatic N) is 4. The third kappa shape index (κ3) is 4.80. The van der Waals surface area contributed by atoms with Crippen molar-refractivity contribution in [1.29, 1.82) is 0 Å². The lowest BCUT2D eigenvalue weighted by atomic mass is 9.95. The fraction of sp³-hybridized carbons (Fsp3) is 0.227. The van der Waals surface area contributed by atoms with Gasteiger partial charge < -0.3 is 9.90 Å². The van der Waals surface area contributed by atoms with Crippen LogP contribution in [-0.4, -0.2) is 32.4 Å². The Morgan fingerprint density at radius 2 is 1.84 bits per heavy atom. The van der Waals surface area contributed by atoms with Crippen LogP contribution in [0.25, 0.3) is 0 Å². The average molecular weight is 437 g/mol. The van der Waals surface area contributed by atoms with E-state index in [0.717, 1.165) is 22.4 Å². The first kappa shape index (κ1) is 20.7. The molecule has 1 unspecified atom stereocenters. The van der Waals surface area contributed by atoms with Crippen LogP contribution in [0, 0.1) is 6.92 Å². The highest BCUT2D eigenvalue weighted by molar-refractivity contribution is 6.30. The minimum Gasteiger partial charge on any atom is -0.550 e. The topological polar surface area (TPSA) is 112 Å². The van der Waals surface area contributed by atoms with Crippen molar-refractivity contribution in [2.75, 3.05) is 5.32 Å². The van der Waals surface area contributed by atoms with E-state index in [1.165, 1.54) is 0 Å². The molecule has 0 fully saturated rings. The maximum atomic E-state index is 12.0. The summed E-state index contributed by atoms with van der Waals surface area (Å²) in [6.45, 7) is 2.02. The van der Waals surface area contributed by atoms with E-state index in [1.54, 1.807) is 4.68 Å². The van der Waals surface area contributed by atoms with Crippen LogP contribution in [0.15, 0.2) is 53.5 Å². The van der Waals surface area contributed by atoms with Crippen molar-refractivity contribution in [2.45, 2.75) is 32.2 Å². The molecule has 8 nitrogen and oxygen atoms in total. The number of fused-ring (bicyclic) bond motifs is 1. The number of benzene rings is 2. The van der Waals surface area contributed by atoms with Gasteiger partial charge in [-0.2, -0.15) is 4.98 Å². The number of aliphatic carboxylic acids is 1. The first-order valence-electron chi connectivity index (χ1n) is 9.75. The van der Waals surface area contributed by atoms with Gasteiger partial charge in [0.1, 0.15) is 0 Å². The number of aromatic nitrogens is 3. The second-order valence-corrected chi connectivity index (χ2v) is 7.73. The Balaban J connectivity index is 1.68. The fourth-order valence-corrected chi connectivity index (χ4v) is 3.49. The van der Waals surface area contributed by atoms with E-state index in [0.29, 0.717) is 17.4 Å². The Morgan fingerprint density at radius 1 is 1.13 bits per heavy atom. The normalized spacial score (nSPS) is 15.2. The summed E-state index contributed by atoms with van der Waals surface area (Å²) in [5.41, 5.74) is 3.94. The fourth-order valence-electron chi connectivity index (χ4n) is 3.36. The van der Waals surface area contributed by atoms with E-state index in [4.69, 9.17) is 11.6 Å². The van der Waals surface area contributed by atoms with Crippen molar-refractivity contribution in [3.8, 4) is 0 Å². The van der Waals surface area contributed by atoms with Crippen LogP contribution in [0.2, 0.25) is 5.02 Å². The number of nitrogens with one attached hydrogen (secondary N) is 1. The van der Waals surface area contributed by atoms with E-state index < -0.39 is 11.9 Å². The Morgan fingerprint density at radius 3 is 2.52 bits per heavy atom. The van der Waals surface area contributed by atoms with Crippen LogP contribution < -0.4 is 10.4 Å². The quantitative estimate of drug-likeness (QED) is 0.638. The van der Waals surface area contributed by atoms with Gasteiger partial charge in [0, 0.05) is 23.8 Å². The lowest BCUT2D eigenvalue weighted by Crippen LogP contribution is -2.24. The SMILES string of the molecule is Cc1ccc(C2CC(c3ccc(Cl)cc3)=Nc3nc(NC(=O)CCC(=O)[O-])nn32)cc1. The summed E-state index contributed by atoms with van der Waals surface area (Å²) in [6.07, 6.45) is -0.00370. The maximum absolute atomic E-state index is 12.0. The number of halogens is 1. The summed E-state index contributed by atoms with van der Waals surface area (Å²) in [4.78, 5) is 31.6. The van der Waals surface area contributed by atoms with Crippen LogP contribution >= 0.6 is 11.6 Å². The van der Waals surface area contributed by atoms with Crippen molar-refractivity contribution in [1.82, 2.24) is 14.8 Å². The van der Waals surface area contributed by atoms with Crippen molar-refractivity contribution in [3.63, 3.8) is 0 Å². The minimum absolute atomic E-state index is 0.0802. The number of carbonyl (C=O) groups excluding carboxylic acids is 2. The third-order valence-corrected chi connectivity index (χ3v) is 5.23. The number of carbonyl (C=O) groups is 2. The smallest absolute Gasteiger partial charge is 0.250 e. The molecule has 1 aliphatic rings. The maximum Gasteiger partial charge on any atom is 0.250 e. The van der Waals surface area contributed by atoms with Crippen molar-refractivity contribution in [3.05, 3.63) is 70.2 Å². The molecule has 1 aliphatic heterocycles. The first-order valence-corrected chi connectivity index (χ1v) is 10.1. The Kier molecular flexibility index (Phi) is 5.81. The molecule has 0 spiro atoms. The number of rotatable bonds is 6. The lowest BCUT2D eigenvalue weighted by molar-refractivity contribution is -0.305. The van der Waals surface area contributed by atoms with E-state index >= 15 is 0 Å². The van der Waals surface area contributed by atoms with Gasteiger partial charge in [-0.25, -0.2) is 9.67 Å². The summed E-state index contributed by atoms with van der Waals surface area (Å²) in [5.74, 6) is -1.35. The van der Waals surface area contributed by atoms with Gasteiger partial charge in [0.2, 0.25) is 5.91 Å². The third-order valence-electron chi connectivity index (χ3n) is 4.98. The minimum atomic E-state index is -1.29. The molecule has 1 N–H and O–H groups in total. The number of aryl methyl sites for hydroxylation is 1. The molecule has 158 valence electrons. The number of carboxylic acids is 1. The van der Waals surface area contributed by atoms with Gasteiger partial charge in [-0.15, -0.1) is 5.10 Å². The van der Waals surface area contributed by atoms with Crippen LogP contribution in [0.3, 0.4) is 0 Å². The van der Waals surface area contributed by atoms with Crippen molar-refractivity contribution < 1.29 is 14.7 Å². The molecular formula is C22H19ClN5O3-. The van der Waals surface area contributed by atoms with Gasteiger partial charge in [0.05, 0.1) is 11.8 Å². The second-order valence-electron chi connectivity index (χ2n) is 7.30. The molecule has 0 saturated heterocycles. The average Bonchev–Trinajstić information content (AvgIpc) is 3.15. The molecule has 0 saturated carbocycles. The molecule has 0 aliphatic carbocycles. The zero-order valence-electron chi connectivity index (χ0n) is 16.7. The molecule has 3 aromatic rings. The van der Waals surface area contributed by atoms with Crippen molar-refractivity contribution in [2.24, 2.45) is 4.99 Å². The van der Waals surface area contributed by atoms with Gasteiger partial charge in [-0.1, -0.05) is 53.6 Å². The Hall–Kier alpha value is -3.52. The predicted molar refractivity (Wildman–Crippen MR) is 114 cm³/mol. The number of hydrogen-bond acceptors (Lipinski definition) is 6. The van der Waals surface area contributed by atoms with E-state index in [-0.39, 0.29) is 24.8 Å². The molecule has 1 atom stereocenters. The van der Waals surface area contributed by atoms with E-state index in [1.807, 2.05) is 55.5 Å². The largest absolute Gasteiger partial charge is 0.550 e. The molecule has 9 heteroatoms. The highest BCUT2D eigenvalue weighted by Crippen LogP contribution is 2.33. The van der Waals surface area contributed by atoms with Crippen LogP contribution in [0.4, 0.5) is 11.9 Å². The highest BCUT2D eigenvalue weighted by atomic mass is 35.5. The highest BCUT2D eigenvalue weighted by Gasteiger charge is 2.28. The number of aliphatic imine (C=N–C) groups is 1. The summed E-state index contributed by atoms with van der Waals surface area (Å²) in [5, 5.41) is 18.2. The Labute approximate surface area is 183 Å². The molecule has 1 aromatic heterocycles. The van der Waals surface area contributed by atoms with Crippen LogP contribution in [-0.2, 0) is 9.59 Å². The summed E-state index contributed by atoms with van der Waals surface area (Å²) in [6, 6.07) is 15.4. The summed E-state index contributed by atoms with van der Waals surface area (Å²) < 4.78 is 1.68. The number of carboxylic acid groups (broad SMARTS) is 1. The van der Waals surface area contributed by atoms with Crippen LogP contribution in [0.1, 0.15) is 42.0 Å². The molecule has 2 aromatic carbocycles. The van der Waals surface area contributed by atoms with Gasteiger partial charge >= 0.3 is 0 Å². The monoisotopic (exact) mass is 436 g/mol. The van der Waals surface area contributed by atoms with Crippen molar-refractivity contribution >= 4 is 41.1 Å². The number of anilines is 1. The van der Waals surface area contributed by atoms with Gasteiger partial charge in [0.25, 0.3) is 11.9 Å².